The van der Waals surface area contributed by atoms with Gasteiger partial charge in [0.2, 0.25) is 0 Å². The molecule has 0 aromatic heterocycles. The highest BCUT2D eigenvalue weighted by Gasteiger charge is 2.00. The fraction of sp³-hybridized carbons (Fsp3) is 0.200. The topological polar surface area (TPSA) is 61.3 Å². The molecule has 0 aliphatic carbocycles. The third-order valence-electron chi connectivity index (χ3n) is 2.61. The quantitative estimate of drug-likeness (QED) is 0.810. The van der Waals surface area contributed by atoms with Crippen LogP contribution in [0.4, 0.5) is 5.69 Å². The summed E-state index contributed by atoms with van der Waals surface area (Å²) in [5, 5.41) is 0. The van der Waals surface area contributed by atoms with Gasteiger partial charge < -0.3 is 16.2 Å². The van der Waals surface area contributed by atoms with E-state index in [2.05, 4.69) is 0 Å². The SMILES string of the molecule is CC(N)COc1ccc(-c2ccc(N)cc2)cc1. The number of hydrogen-bond acceptors (Lipinski definition) is 3. The monoisotopic (exact) mass is 242 g/mol. The van der Waals surface area contributed by atoms with Gasteiger partial charge in [-0.05, 0) is 42.3 Å². The van der Waals surface area contributed by atoms with Crippen LogP contribution in [0.2, 0.25) is 0 Å². The van der Waals surface area contributed by atoms with Crippen LogP contribution in [0.3, 0.4) is 0 Å². The van der Waals surface area contributed by atoms with Gasteiger partial charge in [0.25, 0.3) is 0 Å². The second-order valence-electron chi connectivity index (χ2n) is 4.43. The Kier molecular flexibility index (Phi) is 3.85. The molecule has 0 bridgehead atoms. The molecule has 0 saturated carbocycles. The zero-order chi connectivity index (χ0) is 13.0. The summed E-state index contributed by atoms with van der Waals surface area (Å²) < 4.78 is 5.53. The van der Waals surface area contributed by atoms with Crippen molar-refractivity contribution in [2.75, 3.05) is 12.3 Å². The van der Waals surface area contributed by atoms with E-state index in [1.807, 2.05) is 55.5 Å². The summed E-state index contributed by atoms with van der Waals surface area (Å²) in [6, 6.07) is 15.8. The van der Waals surface area contributed by atoms with E-state index in [0.29, 0.717) is 6.61 Å². The maximum Gasteiger partial charge on any atom is 0.119 e. The minimum absolute atomic E-state index is 0.0433. The summed E-state index contributed by atoms with van der Waals surface area (Å²) in [7, 11) is 0. The van der Waals surface area contributed by atoms with E-state index in [1.54, 1.807) is 0 Å². The third kappa shape index (κ3) is 3.25. The molecule has 1 unspecified atom stereocenters. The number of hydrogen-bond donors (Lipinski definition) is 2. The molecule has 2 aromatic rings. The average molecular weight is 242 g/mol. The number of benzene rings is 2. The second kappa shape index (κ2) is 5.56. The first kappa shape index (κ1) is 12.5. The van der Waals surface area contributed by atoms with Crippen LogP contribution >= 0.6 is 0 Å². The molecule has 0 amide bonds. The van der Waals surface area contributed by atoms with E-state index >= 15 is 0 Å². The van der Waals surface area contributed by atoms with Crippen LogP contribution in [0.25, 0.3) is 11.1 Å². The Morgan fingerprint density at radius 3 is 1.94 bits per heavy atom. The molecule has 3 nitrogen and oxygen atoms in total. The summed E-state index contributed by atoms with van der Waals surface area (Å²) in [6.45, 7) is 2.45. The Labute approximate surface area is 107 Å². The standard InChI is InChI=1S/C15H18N2O/c1-11(16)10-18-15-8-4-13(5-9-15)12-2-6-14(17)7-3-12/h2-9,11H,10,16-17H2,1H3. The third-order valence-corrected chi connectivity index (χ3v) is 2.61. The van der Waals surface area contributed by atoms with Gasteiger partial charge >= 0.3 is 0 Å². The van der Waals surface area contributed by atoms with E-state index in [4.69, 9.17) is 16.2 Å². The molecule has 2 rings (SSSR count). The smallest absolute Gasteiger partial charge is 0.119 e. The first-order valence-electron chi connectivity index (χ1n) is 5.99. The van der Waals surface area contributed by atoms with Crippen molar-refractivity contribution in [1.82, 2.24) is 0 Å². The molecule has 4 N–H and O–H groups in total. The molecule has 0 aliphatic heterocycles. The van der Waals surface area contributed by atoms with Gasteiger partial charge in [-0.3, -0.25) is 0 Å². The number of anilines is 1. The van der Waals surface area contributed by atoms with E-state index in [-0.39, 0.29) is 6.04 Å². The van der Waals surface area contributed by atoms with Gasteiger partial charge in [0, 0.05) is 11.7 Å². The summed E-state index contributed by atoms with van der Waals surface area (Å²) in [5.41, 5.74) is 14.4. The number of nitrogens with two attached hydrogens (primary N) is 2. The summed E-state index contributed by atoms with van der Waals surface area (Å²) in [5.74, 6) is 0.839. The predicted octanol–water partition coefficient (Wildman–Crippen LogP) is 2.66. The van der Waals surface area contributed by atoms with Crippen molar-refractivity contribution >= 4 is 5.69 Å². The molecule has 94 valence electrons. The normalized spacial score (nSPS) is 12.1. The van der Waals surface area contributed by atoms with E-state index < -0.39 is 0 Å². The molecular formula is C15H18N2O. The van der Waals surface area contributed by atoms with Crippen LogP contribution in [0.1, 0.15) is 6.92 Å². The van der Waals surface area contributed by atoms with Crippen molar-refractivity contribution in [3.63, 3.8) is 0 Å². The van der Waals surface area contributed by atoms with E-state index in [0.717, 1.165) is 22.6 Å². The van der Waals surface area contributed by atoms with Crippen LogP contribution in [-0.4, -0.2) is 12.6 Å². The lowest BCUT2D eigenvalue weighted by molar-refractivity contribution is 0.296. The lowest BCUT2D eigenvalue weighted by atomic mass is 10.1. The zero-order valence-corrected chi connectivity index (χ0v) is 10.5. The van der Waals surface area contributed by atoms with Crippen molar-refractivity contribution in [3.05, 3.63) is 48.5 Å². The average Bonchev–Trinajstić information content (AvgIpc) is 2.38. The maximum atomic E-state index is 5.66. The van der Waals surface area contributed by atoms with E-state index in [1.165, 1.54) is 0 Å². The lowest BCUT2D eigenvalue weighted by Gasteiger charge is -2.09. The van der Waals surface area contributed by atoms with Crippen LogP contribution < -0.4 is 16.2 Å². The Morgan fingerprint density at radius 1 is 0.944 bits per heavy atom. The Balaban J connectivity index is 2.09. The Morgan fingerprint density at radius 2 is 1.44 bits per heavy atom. The molecule has 1 atom stereocenters. The molecule has 2 aromatic carbocycles. The number of rotatable bonds is 4. The highest BCUT2D eigenvalue weighted by atomic mass is 16.5. The minimum atomic E-state index is 0.0433. The molecule has 3 heteroatoms. The maximum absolute atomic E-state index is 5.66. The van der Waals surface area contributed by atoms with Gasteiger partial charge in [-0.2, -0.15) is 0 Å². The van der Waals surface area contributed by atoms with Crippen LogP contribution in [0.15, 0.2) is 48.5 Å². The summed E-state index contributed by atoms with van der Waals surface area (Å²) in [4.78, 5) is 0. The fourth-order valence-corrected chi connectivity index (χ4v) is 1.65. The first-order chi connectivity index (χ1) is 8.65. The van der Waals surface area contributed by atoms with Crippen molar-refractivity contribution < 1.29 is 4.74 Å². The summed E-state index contributed by atoms with van der Waals surface area (Å²) >= 11 is 0. The highest BCUT2D eigenvalue weighted by Crippen LogP contribution is 2.23. The Hall–Kier alpha value is -2.00. The van der Waals surface area contributed by atoms with Gasteiger partial charge in [0.05, 0.1) is 0 Å². The van der Waals surface area contributed by atoms with Crippen molar-refractivity contribution in [2.45, 2.75) is 13.0 Å². The molecule has 0 saturated heterocycles. The zero-order valence-electron chi connectivity index (χ0n) is 10.5. The van der Waals surface area contributed by atoms with Crippen molar-refractivity contribution in [1.29, 1.82) is 0 Å². The second-order valence-corrected chi connectivity index (χ2v) is 4.43. The van der Waals surface area contributed by atoms with Gasteiger partial charge in [0.15, 0.2) is 0 Å². The lowest BCUT2D eigenvalue weighted by Crippen LogP contribution is -2.23. The molecular weight excluding hydrogens is 224 g/mol. The molecule has 0 fully saturated rings. The summed E-state index contributed by atoms with van der Waals surface area (Å²) in [6.07, 6.45) is 0. The van der Waals surface area contributed by atoms with Crippen LogP contribution in [-0.2, 0) is 0 Å². The molecule has 18 heavy (non-hydrogen) atoms. The van der Waals surface area contributed by atoms with Gasteiger partial charge in [0.1, 0.15) is 12.4 Å². The van der Waals surface area contributed by atoms with Gasteiger partial charge in [-0.25, -0.2) is 0 Å². The molecule has 0 spiro atoms. The van der Waals surface area contributed by atoms with E-state index in [9.17, 15) is 0 Å². The Bertz CT molecular complexity index is 489. The first-order valence-corrected chi connectivity index (χ1v) is 5.99. The fourth-order valence-electron chi connectivity index (χ4n) is 1.65. The van der Waals surface area contributed by atoms with Gasteiger partial charge in [-0.15, -0.1) is 0 Å². The number of ether oxygens (including phenoxy) is 1. The van der Waals surface area contributed by atoms with Crippen LogP contribution in [0.5, 0.6) is 5.75 Å². The van der Waals surface area contributed by atoms with Gasteiger partial charge in [-0.1, -0.05) is 24.3 Å². The number of nitrogen functional groups attached to an aromatic ring is 1. The predicted molar refractivity (Wildman–Crippen MR) is 75.4 cm³/mol. The van der Waals surface area contributed by atoms with Crippen molar-refractivity contribution in [2.24, 2.45) is 5.73 Å². The molecule has 0 radical (unpaired) electrons. The largest absolute Gasteiger partial charge is 0.492 e. The molecule has 0 aliphatic rings. The highest BCUT2D eigenvalue weighted by molar-refractivity contribution is 5.66. The van der Waals surface area contributed by atoms with Crippen LogP contribution in [0, 0.1) is 0 Å². The van der Waals surface area contributed by atoms with Crippen molar-refractivity contribution in [3.8, 4) is 16.9 Å². The molecule has 0 heterocycles. The minimum Gasteiger partial charge on any atom is -0.492 e.